The smallest absolute Gasteiger partial charge is 0.295 e. The fourth-order valence-corrected chi connectivity index (χ4v) is 3.94. The molecule has 1 heterocycles. The molecule has 1 amide bonds. The van der Waals surface area contributed by atoms with Gasteiger partial charge in [0, 0.05) is 18.7 Å². The normalized spacial score (nSPS) is 17.6. The monoisotopic (exact) mass is 474 g/mol. The van der Waals surface area contributed by atoms with Crippen LogP contribution >= 0.6 is 11.6 Å². The number of aliphatic hydroxyl groups excluding tert-OH is 1. The number of rotatable bonds is 8. The number of likely N-dealkylation sites (N-methyl/N-ethyl adjacent to an activating group) is 1. The van der Waals surface area contributed by atoms with E-state index in [4.69, 9.17) is 21.1 Å². The van der Waals surface area contributed by atoms with Gasteiger partial charge in [0.2, 0.25) is 0 Å². The van der Waals surface area contributed by atoms with Gasteiger partial charge in [-0.3, -0.25) is 9.59 Å². The highest BCUT2D eigenvalue weighted by atomic mass is 35.5. The zero-order valence-electron chi connectivity index (χ0n) is 19.0. The third-order valence-electron chi connectivity index (χ3n) is 5.35. The van der Waals surface area contributed by atoms with E-state index >= 15 is 0 Å². The van der Waals surface area contributed by atoms with Crippen molar-refractivity contribution in [3.63, 3.8) is 0 Å². The molecule has 176 valence electrons. The number of phenolic OH excluding ortho intramolecular Hbond substituents is 1. The summed E-state index contributed by atoms with van der Waals surface area (Å²) in [4.78, 5) is 29.3. The molecule has 1 atom stereocenters. The minimum Gasteiger partial charge on any atom is -0.507 e. The van der Waals surface area contributed by atoms with Crippen molar-refractivity contribution in [1.29, 1.82) is 0 Å². The van der Waals surface area contributed by atoms with Crippen molar-refractivity contribution in [1.82, 2.24) is 9.80 Å². The van der Waals surface area contributed by atoms with Crippen LogP contribution < -0.4 is 9.47 Å². The average molecular weight is 475 g/mol. The van der Waals surface area contributed by atoms with E-state index in [-0.39, 0.29) is 40.0 Å². The first-order chi connectivity index (χ1) is 15.7. The third kappa shape index (κ3) is 4.91. The summed E-state index contributed by atoms with van der Waals surface area (Å²) in [5, 5.41) is 21.4. The summed E-state index contributed by atoms with van der Waals surface area (Å²) in [6.07, 6.45) is 0. The van der Waals surface area contributed by atoms with Gasteiger partial charge in [0.05, 0.1) is 30.4 Å². The van der Waals surface area contributed by atoms with Gasteiger partial charge < -0.3 is 29.5 Å². The predicted octanol–water partition coefficient (Wildman–Crippen LogP) is 3.44. The van der Waals surface area contributed by atoms with Gasteiger partial charge in [-0.05, 0) is 56.9 Å². The van der Waals surface area contributed by atoms with Crippen molar-refractivity contribution in [2.24, 2.45) is 0 Å². The molecule has 0 radical (unpaired) electrons. The highest BCUT2D eigenvalue weighted by Gasteiger charge is 2.46. The van der Waals surface area contributed by atoms with Gasteiger partial charge >= 0.3 is 0 Å². The summed E-state index contributed by atoms with van der Waals surface area (Å²) in [6.45, 7) is 3.01. The first-order valence-corrected chi connectivity index (χ1v) is 10.8. The number of amides is 1. The Morgan fingerprint density at radius 2 is 1.88 bits per heavy atom. The average Bonchev–Trinajstić information content (AvgIpc) is 3.03. The van der Waals surface area contributed by atoms with Crippen LogP contribution in [0.2, 0.25) is 5.02 Å². The molecule has 2 aromatic carbocycles. The van der Waals surface area contributed by atoms with Crippen LogP contribution in [0.1, 0.15) is 24.1 Å². The number of ether oxygens (including phenoxy) is 2. The number of nitrogens with zero attached hydrogens (tertiary/aromatic N) is 2. The summed E-state index contributed by atoms with van der Waals surface area (Å²) in [5.74, 6) is -1.30. The molecule has 1 aliphatic heterocycles. The minimum absolute atomic E-state index is 0.0632. The van der Waals surface area contributed by atoms with E-state index in [2.05, 4.69) is 0 Å². The van der Waals surface area contributed by atoms with Crippen molar-refractivity contribution in [2.75, 3.05) is 40.9 Å². The lowest BCUT2D eigenvalue weighted by atomic mass is 9.95. The lowest BCUT2D eigenvalue weighted by Gasteiger charge is -2.27. The lowest BCUT2D eigenvalue weighted by molar-refractivity contribution is -0.140. The van der Waals surface area contributed by atoms with Crippen LogP contribution in [0.4, 0.5) is 0 Å². The van der Waals surface area contributed by atoms with Gasteiger partial charge in [-0.15, -0.1) is 0 Å². The number of carbonyl (C=O) groups excluding carboxylic acids is 2. The Labute approximate surface area is 197 Å². The summed E-state index contributed by atoms with van der Waals surface area (Å²) in [7, 11) is 5.12. The first kappa shape index (κ1) is 24.4. The van der Waals surface area contributed by atoms with E-state index < -0.39 is 17.7 Å². The molecule has 0 aliphatic carbocycles. The maximum absolute atomic E-state index is 13.1. The topological polar surface area (TPSA) is 99.5 Å². The maximum Gasteiger partial charge on any atom is 0.295 e. The van der Waals surface area contributed by atoms with E-state index in [1.165, 1.54) is 24.1 Å². The molecule has 1 aliphatic rings. The van der Waals surface area contributed by atoms with Crippen LogP contribution in [0, 0.1) is 0 Å². The highest BCUT2D eigenvalue weighted by Crippen LogP contribution is 2.42. The zero-order valence-corrected chi connectivity index (χ0v) is 19.7. The lowest BCUT2D eigenvalue weighted by Crippen LogP contribution is -2.35. The van der Waals surface area contributed by atoms with Gasteiger partial charge in [-0.25, -0.2) is 0 Å². The molecule has 1 saturated heterocycles. The number of likely N-dealkylation sites (tertiary alicyclic amines) is 1. The summed E-state index contributed by atoms with van der Waals surface area (Å²) in [5.41, 5.74) is 0.734. The Balaban J connectivity index is 2.17. The van der Waals surface area contributed by atoms with Gasteiger partial charge in [0.1, 0.15) is 11.5 Å². The fraction of sp³-hybridized carbons (Fsp3) is 0.333. The van der Waals surface area contributed by atoms with Crippen LogP contribution in [0.3, 0.4) is 0 Å². The fourth-order valence-electron chi connectivity index (χ4n) is 3.71. The Kier molecular flexibility index (Phi) is 7.50. The molecule has 9 heteroatoms. The van der Waals surface area contributed by atoms with Crippen molar-refractivity contribution < 1.29 is 29.3 Å². The van der Waals surface area contributed by atoms with Gasteiger partial charge in [-0.1, -0.05) is 17.7 Å². The van der Waals surface area contributed by atoms with E-state index in [1.807, 2.05) is 25.9 Å². The predicted molar refractivity (Wildman–Crippen MR) is 125 cm³/mol. The van der Waals surface area contributed by atoms with Crippen LogP contribution in [-0.4, -0.2) is 72.6 Å². The van der Waals surface area contributed by atoms with Crippen molar-refractivity contribution in [3.8, 4) is 17.2 Å². The zero-order chi connectivity index (χ0) is 24.3. The molecule has 3 rings (SSSR count). The molecule has 33 heavy (non-hydrogen) atoms. The highest BCUT2D eigenvalue weighted by molar-refractivity contribution is 6.46. The summed E-state index contributed by atoms with van der Waals surface area (Å²) in [6, 6.07) is 8.36. The van der Waals surface area contributed by atoms with Crippen molar-refractivity contribution in [2.45, 2.75) is 13.0 Å². The van der Waals surface area contributed by atoms with Crippen LogP contribution in [-0.2, 0) is 9.59 Å². The van der Waals surface area contributed by atoms with Crippen LogP contribution in [0.15, 0.2) is 42.0 Å². The molecule has 0 unspecified atom stereocenters. The molecular weight excluding hydrogens is 448 g/mol. The quantitative estimate of drug-likeness (QED) is 0.343. The third-order valence-corrected chi connectivity index (χ3v) is 5.65. The van der Waals surface area contributed by atoms with E-state index in [1.54, 1.807) is 24.3 Å². The first-order valence-electron chi connectivity index (χ1n) is 10.4. The second-order valence-electron chi connectivity index (χ2n) is 7.81. The Morgan fingerprint density at radius 3 is 2.48 bits per heavy atom. The van der Waals surface area contributed by atoms with Gasteiger partial charge in [0.15, 0.2) is 11.5 Å². The summed E-state index contributed by atoms with van der Waals surface area (Å²) < 4.78 is 10.6. The van der Waals surface area contributed by atoms with Crippen LogP contribution in [0.25, 0.3) is 5.76 Å². The Hall–Kier alpha value is -3.23. The van der Waals surface area contributed by atoms with Gasteiger partial charge in [0.25, 0.3) is 11.7 Å². The summed E-state index contributed by atoms with van der Waals surface area (Å²) >= 11 is 6.28. The maximum atomic E-state index is 13.1. The Morgan fingerprint density at radius 1 is 1.15 bits per heavy atom. The molecule has 0 spiro atoms. The number of hydrogen-bond acceptors (Lipinski definition) is 7. The van der Waals surface area contributed by atoms with Gasteiger partial charge in [-0.2, -0.15) is 0 Å². The number of methoxy groups -OCH3 is 1. The number of hydrogen-bond donors (Lipinski definition) is 2. The van der Waals surface area contributed by atoms with E-state index in [9.17, 15) is 19.8 Å². The molecule has 0 bridgehead atoms. The molecule has 1 fully saturated rings. The molecule has 2 N–H and O–H groups in total. The van der Waals surface area contributed by atoms with Crippen LogP contribution in [0.5, 0.6) is 17.2 Å². The molecule has 8 nitrogen and oxygen atoms in total. The van der Waals surface area contributed by atoms with Crippen molar-refractivity contribution in [3.05, 3.63) is 58.1 Å². The second-order valence-corrected chi connectivity index (χ2v) is 8.21. The minimum atomic E-state index is -0.871. The number of benzene rings is 2. The van der Waals surface area contributed by atoms with E-state index in [0.717, 1.165) is 0 Å². The standard InChI is InChI=1S/C24H27ClN2O6/c1-5-33-18-9-7-15(12-16(18)25)22(29)20-21(14-6-8-17(28)19(13-14)32-4)27(11-10-26(2)3)24(31)23(20)30/h6-9,12-13,21,28-29H,5,10-11H2,1-4H3/t21-/m1/s1. The largest absolute Gasteiger partial charge is 0.507 e. The number of phenols is 1. The Bertz CT molecular complexity index is 1100. The SMILES string of the molecule is CCOc1ccc(C(O)=C2C(=O)C(=O)N(CCN(C)C)[C@@H]2c2ccc(O)c(OC)c2)cc1Cl. The van der Waals surface area contributed by atoms with E-state index in [0.29, 0.717) is 24.5 Å². The number of ketones is 1. The number of aromatic hydroxyl groups is 1. The number of halogens is 1. The molecule has 0 saturated carbocycles. The second kappa shape index (κ2) is 10.1. The molecular formula is C24H27ClN2O6. The molecule has 0 aromatic heterocycles. The van der Waals surface area contributed by atoms with Crippen molar-refractivity contribution >= 4 is 29.1 Å². The number of aliphatic hydroxyl groups is 1. The number of Topliss-reactive ketones (excluding diaryl/α,β-unsaturated/α-hetero) is 1. The molecule has 2 aromatic rings. The number of carbonyl (C=O) groups is 2.